The first-order valence-electron chi connectivity index (χ1n) is 7.16. The van der Waals surface area contributed by atoms with Crippen LogP contribution in [0.4, 0.5) is 0 Å². The second-order valence-corrected chi connectivity index (χ2v) is 5.17. The normalized spacial score (nSPS) is 12.0. The minimum absolute atomic E-state index is 0.208. The molecule has 0 spiro atoms. The quantitative estimate of drug-likeness (QED) is 0.454. The van der Waals surface area contributed by atoms with Crippen molar-refractivity contribution in [1.82, 2.24) is 5.48 Å². The number of hydroxylamine groups is 1. The Morgan fingerprint density at radius 1 is 1.19 bits per heavy atom. The fourth-order valence-electron chi connectivity index (χ4n) is 1.86. The highest BCUT2D eigenvalue weighted by Crippen LogP contribution is 2.14. The second kappa shape index (κ2) is 9.13. The lowest BCUT2D eigenvalue weighted by Crippen LogP contribution is -2.37. The highest BCUT2D eigenvalue weighted by atomic mass is 16.7. The summed E-state index contributed by atoms with van der Waals surface area (Å²) in [5.41, 5.74) is 3.28. The Kier molecular flexibility index (Phi) is 7.46. The molecule has 5 heteroatoms. The molecule has 0 saturated heterocycles. The lowest BCUT2D eigenvalue weighted by Gasteiger charge is -2.17. The van der Waals surface area contributed by atoms with Gasteiger partial charge in [0, 0.05) is 0 Å². The number of carbonyl (C=O) groups is 2. The lowest BCUT2D eigenvalue weighted by molar-refractivity contribution is -0.157. The molecular weight excluding hydrogens is 270 g/mol. The summed E-state index contributed by atoms with van der Waals surface area (Å²) in [4.78, 5) is 29.0. The zero-order chi connectivity index (χ0) is 15.7. The van der Waals surface area contributed by atoms with E-state index in [1.54, 1.807) is 6.92 Å². The number of esters is 1. The van der Waals surface area contributed by atoms with Gasteiger partial charge in [0.1, 0.15) is 5.92 Å². The van der Waals surface area contributed by atoms with Crippen molar-refractivity contribution in [2.75, 3.05) is 6.61 Å². The molecule has 5 nitrogen and oxygen atoms in total. The van der Waals surface area contributed by atoms with Crippen molar-refractivity contribution in [2.45, 2.75) is 33.8 Å². The standard InChI is InChI=1S/C16H23NO4/c1-4-20-16(19)14(10-12(2)3)15(18)17-21-11-13-8-6-5-7-9-13/h5-9,12,14H,4,10-11H2,1-3H3,(H,17,18)/t14-/m1/s1. The fraction of sp³-hybridized carbons (Fsp3) is 0.500. The minimum atomic E-state index is -0.833. The molecule has 0 heterocycles. The van der Waals surface area contributed by atoms with E-state index in [9.17, 15) is 9.59 Å². The van der Waals surface area contributed by atoms with Gasteiger partial charge < -0.3 is 4.74 Å². The number of hydrogen-bond donors (Lipinski definition) is 1. The maximum absolute atomic E-state index is 12.0. The summed E-state index contributed by atoms with van der Waals surface area (Å²) in [5.74, 6) is -1.59. The van der Waals surface area contributed by atoms with Crippen LogP contribution < -0.4 is 5.48 Å². The van der Waals surface area contributed by atoms with E-state index in [0.717, 1.165) is 5.56 Å². The van der Waals surface area contributed by atoms with E-state index < -0.39 is 17.8 Å². The largest absolute Gasteiger partial charge is 0.465 e. The number of hydrogen-bond acceptors (Lipinski definition) is 4. The SMILES string of the molecule is CCOC(=O)[C@H](CC(C)C)C(=O)NOCc1ccccc1. The Morgan fingerprint density at radius 2 is 1.86 bits per heavy atom. The van der Waals surface area contributed by atoms with Gasteiger partial charge in [-0.05, 0) is 24.8 Å². The number of ether oxygens (including phenoxy) is 1. The van der Waals surface area contributed by atoms with Gasteiger partial charge in [-0.3, -0.25) is 14.4 Å². The molecular formula is C16H23NO4. The lowest BCUT2D eigenvalue weighted by atomic mass is 9.96. The zero-order valence-corrected chi connectivity index (χ0v) is 12.8. The van der Waals surface area contributed by atoms with Crippen molar-refractivity contribution in [3.05, 3.63) is 35.9 Å². The van der Waals surface area contributed by atoms with Crippen LogP contribution in [-0.2, 0) is 25.8 Å². The van der Waals surface area contributed by atoms with Gasteiger partial charge in [0.25, 0.3) is 5.91 Å². The van der Waals surface area contributed by atoms with Crippen molar-refractivity contribution in [3.8, 4) is 0 Å². The van der Waals surface area contributed by atoms with Crippen LogP contribution in [0.1, 0.15) is 32.8 Å². The molecule has 21 heavy (non-hydrogen) atoms. The third kappa shape index (κ3) is 6.40. The van der Waals surface area contributed by atoms with Crippen LogP contribution >= 0.6 is 0 Å². The minimum Gasteiger partial charge on any atom is -0.465 e. The van der Waals surface area contributed by atoms with Crippen molar-refractivity contribution >= 4 is 11.9 Å². The van der Waals surface area contributed by atoms with Gasteiger partial charge in [0.2, 0.25) is 0 Å². The van der Waals surface area contributed by atoms with Crippen LogP contribution in [0.25, 0.3) is 0 Å². The summed E-state index contributed by atoms with van der Waals surface area (Å²) in [5, 5.41) is 0. The van der Waals surface area contributed by atoms with Crippen LogP contribution in [0.15, 0.2) is 30.3 Å². The Hall–Kier alpha value is -1.88. The van der Waals surface area contributed by atoms with Crippen molar-refractivity contribution in [2.24, 2.45) is 11.8 Å². The highest BCUT2D eigenvalue weighted by molar-refractivity contribution is 5.97. The number of rotatable bonds is 8. The molecule has 0 bridgehead atoms. The van der Waals surface area contributed by atoms with Crippen LogP contribution in [0.5, 0.6) is 0 Å². The van der Waals surface area contributed by atoms with E-state index in [1.165, 1.54) is 0 Å². The Morgan fingerprint density at radius 3 is 2.43 bits per heavy atom. The zero-order valence-electron chi connectivity index (χ0n) is 12.8. The average Bonchev–Trinajstić information content (AvgIpc) is 2.45. The molecule has 1 amide bonds. The topological polar surface area (TPSA) is 64.6 Å². The molecule has 1 N–H and O–H groups in total. The summed E-state index contributed by atoms with van der Waals surface area (Å²) in [6.45, 7) is 6.12. The molecule has 1 atom stereocenters. The van der Waals surface area contributed by atoms with Gasteiger partial charge in [0.15, 0.2) is 0 Å². The molecule has 0 fully saturated rings. The van der Waals surface area contributed by atoms with Crippen LogP contribution in [-0.4, -0.2) is 18.5 Å². The third-order valence-electron chi connectivity index (χ3n) is 2.85. The maximum Gasteiger partial charge on any atom is 0.318 e. The molecule has 0 aliphatic carbocycles. The van der Waals surface area contributed by atoms with Crippen molar-refractivity contribution in [1.29, 1.82) is 0 Å². The van der Waals surface area contributed by atoms with E-state index in [0.29, 0.717) is 6.42 Å². The summed E-state index contributed by atoms with van der Waals surface area (Å²) in [6, 6.07) is 9.47. The molecule has 0 saturated carbocycles. The van der Waals surface area contributed by atoms with Crippen LogP contribution in [0.2, 0.25) is 0 Å². The highest BCUT2D eigenvalue weighted by Gasteiger charge is 2.29. The van der Waals surface area contributed by atoms with Gasteiger partial charge in [-0.2, -0.15) is 0 Å². The number of amides is 1. The van der Waals surface area contributed by atoms with E-state index in [2.05, 4.69) is 5.48 Å². The van der Waals surface area contributed by atoms with Gasteiger partial charge in [-0.15, -0.1) is 0 Å². The summed E-state index contributed by atoms with van der Waals surface area (Å²) < 4.78 is 4.94. The van der Waals surface area contributed by atoms with E-state index in [-0.39, 0.29) is 19.1 Å². The third-order valence-corrected chi connectivity index (χ3v) is 2.85. The van der Waals surface area contributed by atoms with E-state index >= 15 is 0 Å². The molecule has 116 valence electrons. The van der Waals surface area contributed by atoms with E-state index in [4.69, 9.17) is 9.57 Å². The van der Waals surface area contributed by atoms with Crippen LogP contribution in [0.3, 0.4) is 0 Å². The maximum atomic E-state index is 12.0. The average molecular weight is 293 g/mol. The molecule has 0 radical (unpaired) electrons. The molecule has 0 aromatic heterocycles. The summed E-state index contributed by atoms with van der Waals surface area (Å²) >= 11 is 0. The number of benzene rings is 1. The molecule has 0 aliphatic heterocycles. The van der Waals surface area contributed by atoms with Gasteiger partial charge >= 0.3 is 5.97 Å². The van der Waals surface area contributed by atoms with Gasteiger partial charge in [0.05, 0.1) is 13.2 Å². The first-order valence-corrected chi connectivity index (χ1v) is 7.16. The molecule has 1 aromatic rings. The summed E-state index contributed by atoms with van der Waals surface area (Å²) in [6.07, 6.45) is 0.430. The fourth-order valence-corrected chi connectivity index (χ4v) is 1.86. The molecule has 1 aromatic carbocycles. The monoisotopic (exact) mass is 293 g/mol. The summed E-state index contributed by atoms with van der Waals surface area (Å²) in [7, 11) is 0. The van der Waals surface area contributed by atoms with Gasteiger partial charge in [-0.1, -0.05) is 44.2 Å². The Bertz CT molecular complexity index is 445. The van der Waals surface area contributed by atoms with Crippen molar-refractivity contribution < 1.29 is 19.2 Å². The molecule has 1 rings (SSSR count). The van der Waals surface area contributed by atoms with E-state index in [1.807, 2.05) is 44.2 Å². The Balaban J connectivity index is 2.50. The van der Waals surface area contributed by atoms with Gasteiger partial charge in [-0.25, -0.2) is 5.48 Å². The Labute approximate surface area is 125 Å². The first-order chi connectivity index (χ1) is 10.0. The van der Waals surface area contributed by atoms with Crippen molar-refractivity contribution in [3.63, 3.8) is 0 Å². The number of nitrogens with one attached hydrogen (secondary N) is 1. The predicted octanol–water partition coefficient (Wildman–Crippen LogP) is 2.46. The molecule has 0 unspecified atom stereocenters. The number of carbonyl (C=O) groups excluding carboxylic acids is 2. The van der Waals surface area contributed by atoms with Crippen LogP contribution in [0, 0.1) is 11.8 Å². The first kappa shape index (κ1) is 17.2. The predicted molar refractivity (Wildman–Crippen MR) is 79.0 cm³/mol. The molecule has 0 aliphatic rings. The second-order valence-electron chi connectivity index (χ2n) is 5.17. The smallest absolute Gasteiger partial charge is 0.318 e.